The molecule has 0 N–H and O–H groups in total. The van der Waals surface area contributed by atoms with Crippen molar-refractivity contribution in [2.45, 2.75) is 97.3 Å². The standard InChI is InChI=1S/C25H42O3/c1-4-6-8-10-11-13-15-23(14-12-9-7-5-2)21-28-25(26)20-22-16-18-24(27-3)19-17-22/h16-19,23H,4-15,20-21H2,1-3H3. The second kappa shape index (κ2) is 16.4. The first-order chi connectivity index (χ1) is 13.7. The Hall–Kier alpha value is -1.51. The summed E-state index contributed by atoms with van der Waals surface area (Å²) in [5.74, 6) is 1.21. The molecule has 0 aliphatic heterocycles. The molecular formula is C25H42O3. The molecule has 0 aliphatic carbocycles. The zero-order chi connectivity index (χ0) is 20.5. The topological polar surface area (TPSA) is 35.5 Å². The van der Waals surface area contributed by atoms with Gasteiger partial charge in [-0.1, -0.05) is 90.2 Å². The molecule has 0 saturated carbocycles. The molecule has 0 aliphatic rings. The largest absolute Gasteiger partial charge is 0.497 e. The summed E-state index contributed by atoms with van der Waals surface area (Å²) in [6.45, 7) is 5.08. The van der Waals surface area contributed by atoms with E-state index in [4.69, 9.17) is 9.47 Å². The summed E-state index contributed by atoms with van der Waals surface area (Å²) in [4.78, 5) is 12.2. The maximum atomic E-state index is 12.2. The highest BCUT2D eigenvalue weighted by molar-refractivity contribution is 5.72. The van der Waals surface area contributed by atoms with E-state index in [2.05, 4.69) is 13.8 Å². The molecule has 0 saturated heterocycles. The number of ether oxygens (including phenoxy) is 2. The van der Waals surface area contributed by atoms with E-state index in [1.54, 1.807) is 7.11 Å². The number of carbonyl (C=O) groups is 1. The Balaban J connectivity index is 2.34. The van der Waals surface area contributed by atoms with Gasteiger partial charge in [-0.05, 0) is 36.5 Å². The third kappa shape index (κ3) is 12.0. The van der Waals surface area contributed by atoms with Crippen LogP contribution in [0.5, 0.6) is 5.75 Å². The number of methoxy groups -OCH3 is 1. The molecule has 160 valence electrons. The van der Waals surface area contributed by atoms with Gasteiger partial charge in [0.05, 0.1) is 20.1 Å². The minimum absolute atomic E-state index is 0.119. The van der Waals surface area contributed by atoms with Crippen LogP contribution in [-0.4, -0.2) is 19.7 Å². The quantitative estimate of drug-likeness (QED) is 0.210. The van der Waals surface area contributed by atoms with Crippen molar-refractivity contribution in [2.24, 2.45) is 5.92 Å². The molecule has 1 rings (SSSR count). The van der Waals surface area contributed by atoms with Crippen LogP contribution in [0.25, 0.3) is 0 Å². The predicted octanol–water partition coefficient (Wildman–Crippen LogP) is 7.12. The van der Waals surface area contributed by atoms with E-state index in [1.807, 2.05) is 24.3 Å². The third-order valence-corrected chi connectivity index (χ3v) is 5.42. The van der Waals surface area contributed by atoms with Crippen molar-refractivity contribution in [1.82, 2.24) is 0 Å². The fraction of sp³-hybridized carbons (Fsp3) is 0.720. The number of carbonyl (C=O) groups excluding carboxylic acids is 1. The van der Waals surface area contributed by atoms with E-state index < -0.39 is 0 Å². The lowest BCUT2D eigenvalue weighted by molar-refractivity contribution is -0.144. The van der Waals surface area contributed by atoms with E-state index in [9.17, 15) is 4.79 Å². The first-order valence-electron chi connectivity index (χ1n) is 11.5. The van der Waals surface area contributed by atoms with Crippen LogP contribution < -0.4 is 4.74 Å². The van der Waals surface area contributed by atoms with Crippen molar-refractivity contribution in [3.05, 3.63) is 29.8 Å². The average Bonchev–Trinajstić information content (AvgIpc) is 2.71. The lowest BCUT2D eigenvalue weighted by Crippen LogP contribution is -2.16. The lowest BCUT2D eigenvalue weighted by Gasteiger charge is -2.17. The molecule has 0 spiro atoms. The molecule has 28 heavy (non-hydrogen) atoms. The zero-order valence-corrected chi connectivity index (χ0v) is 18.5. The van der Waals surface area contributed by atoms with E-state index in [1.165, 1.54) is 77.0 Å². The third-order valence-electron chi connectivity index (χ3n) is 5.42. The monoisotopic (exact) mass is 390 g/mol. The fourth-order valence-corrected chi connectivity index (χ4v) is 3.56. The van der Waals surface area contributed by atoms with Crippen molar-refractivity contribution in [1.29, 1.82) is 0 Å². The number of rotatable bonds is 17. The molecule has 0 radical (unpaired) electrons. The van der Waals surface area contributed by atoms with Crippen molar-refractivity contribution >= 4 is 5.97 Å². The minimum atomic E-state index is -0.119. The van der Waals surface area contributed by atoms with Crippen molar-refractivity contribution < 1.29 is 14.3 Å². The molecule has 1 aromatic rings. The van der Waals surface area contributed by atoms with E-state index in [-0.39, 0.29) is 5.97 Å². The SMILES string of the molecule is CCCCCCCCC(CCCCCC)COC(=O)Cc1ccc(OC)cc1. The number of unbranched alkanes of at least 4 members (excludes halogenated alkanes) is 8. The molecule has 1 aromatic carbocycles. The van der Waals surface area contributed by atoms with Crippen molar-refractivity contribution in [3.8, 4) is 5.75 Å². The summed E-state index contributed by atoms with van der Waals surface area (Å²) in [5.41, 5.74) is 0.973. The van der Waals surface area contributed by atoms with Crippen LogP contribution in [0.1, 0.15) is 96.5 Å². The van der Waals surface area contributed by atoms with Gasteiger partial charge in [-0.2, -0.15) is 0 Å². The second-order valence-electron chi connectivity index (χ2n) is 7.98. The summed E-state index contributed by atoms with van der Waals surface area (Å²) in [6, 6.07) is 7.63. The van der Waals surface area contributed by atoms with Gasteiger partial charge in [-0.25, -0.2) is 0 Å². The number of hydrogen-bond donors (Lipinski definition) is 0. The zero-order valence-electron chi connectivity index (χ0n) is 18.5. The molecule has 0 heterocycles. The lowest BCUT2D eigenvalue weighted by atomic mass is 9.95. The molecule has 0 amide bonds. The second-order valence-corrected chi connectivity index (χ2v) is 7.98. The van der Waals surface area contributed by atoms with Gasteiger partial charge in [0.1, 0.15) is 5.75 Å². The van der Waals surface area contributed by atoms with Crippen LogP contribution in [0, 0.1) is 5.92 Å². The number of benzene rings is 1. The van der Waals surface area contributed by atoms with E-state index in [0.29, 0.717) is 18.9 Å². The Morgan fingerprint density at radius 1 is 0.821 bits per heavy atom. The Morgan fingerprint density at radius 3 is 1.93 bits per heavy atom. The van der Waals surface area contributed by atoms with Gasteiger partial charge >= 0.3 is 5.97 Å². The molecule has 1 atom stereocenters. The van der Waals surface area contributed by atoms with Crippen LogP contribution in [0.2, 0.25) is 0 Å². The Bertz CT molecular complexity index is 495. The highest BCUT2D eigenvalue weighted by Gasteiger charge is 2.13. The first kappa shape index (κ1) is 24.5. The van der Waals surface area contributed by atoms with Crippen molar-refractivity contribution in [2.75, 3.05) is 13.7 Å². The first-order valence-corrected chi connectivity index (χ1v) is 11.5. The maximum Gasteiger partial charge on any atom is 0.310 e. The number of esters is 1. The highest BCUT2D eigenvalue weighted by Crippen LogP contribution is 2.20. The fourth-order valence-electron chi connectivity index (χ4n) is 3.56. The van der Waals surface area contributed by atoms with Gasteiger partial charge in [0.25, 0.3) is 0 Å². The normalized spacial score (nSPS) is 12.0. The summed E-state index contributed by atoms with van der Waals surface area (Å²) in [6.07, 6.45) is 15.7. The predicted molar refractivity (Wildman–Crippen MR) is 118 cm³/mol. The van der Waals surface area contributed by atoms with Gasteiger partial charge in [-0.3, -0.25) is 4.79 Å². The van der Waals surface area contributed by atoms with Gasteiger partial charge in [0.2, 0.25) is 0 Å². The maximum absolute atomic E-state index is 12.2. The molecule has 0 fully saturated rings. The highest BCUT2D eigenvalue weighted by atomic mass is 16.5. The molecular weight excluding hydrogens is 348 g/mol. The smallest absolute Gasteiger partial charge is 0.310 e. The van der Waals surface area contributed by atoms with Crippen LogP contribution in [0.4, 0.5) is 0 Å². The van der Waals surface area contributed by atoms with E-state index >= 15 is 0 Å². The summed E-state index contributed by atoms with van der Waals surface area (Å²) >= 11 is 0. The van der Waals surface area contributed by atoms with Crippen LogP contribution in [-0.2, 0) is 16.0 Å². The Kier molecular flexibility index (Phi) is 14.4. The average molecular weight is 391 g/mol. The number of hydrogen-bond acceptors (Lipinski definition) is 3. The molecule has 3 heteroatoms. The van der Waals surface area contributed by atoms with Crippen molar-refractivity contribution in [3.63, 3.8) is 0 Å². The van der Waals surface area contributed by atoms with Crippen LogP contribution in [0.15, 0.2) is 24.3 Å². The summed E-state index contributed by atoms with van der Waals surface area (Å²) in [5, 5.41) is 0. The Morgan fingerprint density at radius 2 is 1.36 bits per heavy atom. The minimum Gasteiger partial charge on any atom is -0.497 e. The van der Waals surface area contributed by atoms with Crippen LogP contribution >= 0.6 is 0 Å². The molecule has 0 aromatic heterocycles. The summed E-state index contributed by atoms with van der Waals surface area (Å²) < 4.78 is 10.8. The van der Waals surface area contributed by atoms with Gasteiger partial charge in [-0.15, -0.1) is 0 Å². The molecule has 0 bridgehead atoms. The van der Waals surface area contributed by atoms with E-state index in [0.717, 1.165) is 11.3 Å². The van der Waals surface area contributed by atoms with Gasteiger partial charge in [0.15, 0.2) is 0 Å². The Labute approximate surface area is 173 Å². The molecule has 1 unspecified atom stereocenters. The molecule has 3 nitrogen and oxygen atoms in total. The van der Waals surface area contributed by atoms with Gasteiger partial charge in [0, 0.05) is 0 Å². The van der Waals surface area contributed by atoms with Gasteiger partial charge < -0.3 is 9.47 Å². The summed E-state index contributed by atoms with van der Waals surface area (Å²) in [7, 11) is 1.65. The van der Waals surface area contributed by atoms with Crippen LogP contribution in [0.3, 0.4) is 0 Å².